The number of ketones is 1. The molecule has 6 nitrogen and oxygen atoms in total. The molecule has 0 fully saturated rings. The summed E-state index contributed by atoms with van der Waals surface area (Å²) in [5, 5.41) is 2.93. The Morgan fingerprint density at radius 2 is 1.38 bits per heavy atom. The quantitative estimate of drug-likeness (QED) is 0.222. The lowest BCUT2D eigenvalue weighted by molar-refractivity contribution is -0.121. The third kappa shape index (κ3) is 11.8. The molecule has 0 atom stereocenters. The highest BCUT2D eigenvalue weighted by atomic mass is 32.2. The predicted octanol–water partition coefficient (Wildman–Crippen LogP) is 4.93. The van der Waals surface area contributed by atoms with Gasteiger partial charge in [-0.1, -0.05) is 64.0 Å². The molecule has 7 heteroatoms. The van der Waals surface area contributed by atoms with E-state index in [2.05, 4.69) is 12.2 Å². The SMILES string of the molecule is CCCCCCCCCC(=O)NCCCCCC(=O)c1ccc(S(=O)(=O)O)cc1. The third-order valence-electron chi connectivity index (χ3n) is 4.88. The molecule has 29 heavy (non-hydrogen) atoms. The standard InChI is InChI=1S/C22H35NO5S/c1-2-3-4-5-6-7-10-13-22(25)23-18-11-8-9-12-21(24)19-14-16-20(17-15-19)29(26,27)28/h14-17H,2-13,18H2,1H3,(H,23,25)(H,26,27,28). The topological polar surface area (TPSA) is 101 Å². The van der Waals surface area contributed by atoms with E-state index in [-0.39, 0.29) is 16.6 Å². The third-order valence-corrected chi connectivity index (χ3v) is 5.75. The van der Waals surface area contributed by atoms with Gasteiger partial charge in [0, 0.05) is 24.9 Å². The monoisotopic (exact) mass is 425 g/mol. The van der Waals surface area contributed by atoms with Crippen LogP contribution < -0.4 is 5.32 Å². The average molecular weight is 426 g/mol. The van der Waals surface area contributed by atoms with Gasteiger partial charge in [0.1, 0.15) is 0 Å². The van der Waals surface area contributed by atoms with Crippen molar-refractivity contribution in [3.63, 3.8) is 0 Å². The Morgan fingerprint density at radius 3 is 2.00 bits per heavy atom. The van der Waals surface area contributed by atoms with Crippen molar-refractivity contribution in [3.05, 3.63) is 29.8 Å². The van der Waals surface area contributed by atoms with Crippen molar-refractivity contribution in [1.82, 2.24) is 5.32 Å². The molecule has 0 bridgehead atoms. The second-order valence-corrected chi connectivity index (χ2v) is 8.88. The van der Waals surface area contributed by atoms with Gasteiger partial charge in [-0.3, -0.25) is 14.1 Å². The maximum absolute atomic E-state index is 12.1. The van der Waals surface area contributed by atoms with Crippen LogP contribution in [0.3, 0.4) is 0 Å². The summed E-state index contributed by atoms with van der Waals surface area (Å²) in [6.07, 6.45) is 11.7. The van der Waals surface area contributed by atoms with Gasteiger partial charge in [-0.15, -0.1) is 0 Å². The van der Waals surface area contributed by atoms with Crippen LogP contribution in [0.1, 0.15) is 94.3 Å². The fraction of sp³-hybridized carbons (Fsp3) is 0.636. The molecule has 0 radical (unpaired) electrons. The molecule has 164 valence electrons. The lowest BCUT2D eigenvalue weighted by Crippen LogP contribution is -2.24. The van der Waals surface area contributed by atoms with E-state index in [4.69, 9.17) is 4.55 Å². The molecule has 1 aromatic carbocycles. The molecule has 0 aliphatic carbocycles. The van der Waals surface area contributed by atoms with Gasteiger partial charge in [0.2, 0.25) is 5.91 Å². The zero-order valence-corrected chi connectivity index (χ0v) is 18.3. The van der Waals surface area contributed by atoms with Gasteiger partial charge in [0.25, 0.3) is 10.1 Å². The number of unbranched alkanes of at least 4 members (excludes halogenated alkanes) is 8. The molecule has 0 heterocycles. The number of hydrogen-bond acceptors (Lipinski definition) is 4. The fourth-order valence-electron chi connectivity index (χ4n) is 3.10. The first-order chi connectivity index (χ1) is 13.8. The molecule has 1 rings (SSSR count). The van der Waals surface area contributed by atoms with Gasteiger partial charge in [-0.25, -0.2) is 0 Å². The number of Topliss-reactive ketones (excluding diaryl/α,β-unsaturated/α-hetero) is 1. The Hall–Kier alpha value is -1.73. The molecule has 0 aliphatic heterocycles. The van der Waals surface area contributed by atoms with Gasteiger partial charge in [0.15, 0.2) is 5.78 Å². The zero-order valence-electron chi connectivity index (χ0n) is 17.5. The van der Waals surface area contributed by atoms with E-state index >= 15 is 0 Å². The van der Waals surface area contributed by atoms with Crippen LogP contribution in [0.5, 0.6) is 0 Å². The minimum Gasteiger partial charge on any atom is -0.356 e. The minimum atomic E-state index is -4.24. The fourth-order valence-corrected chi connectivity index (χ4v) is 3.58. The smallest absolute Gasteiger partial charge is 0.294 e. The number of carbonyl (C=O) groups is 2. The van der Waals surface area contributed by atoms with E-state index in [9.17, 15) is 18.0 Å². The number of hydrogen-bond donors (Lipinski definition) is 2. The highest BCUT2D eigenvalue weighted by molar-refractivity contribution is 7.85. The number of benzene rings is 1. The number of carbonyl (C=O) groups excluding carboxylic acids is 2. The molecule has 0 saturated heterocycles. The van der Waals surface area contributed by atoms with Crippen LogP contribution >= 0.6 is 0 Å². The Morgan fingerprint density at radius 1 is 0.828 bits per heavy atom. The highest BCUT2D eigenvalue weighted by Crippen LogP contribution is 2.13. The van der Waals surface area contributed by atoms with Crippen molar-refractivity contribution in [2.45, 2.75) is 88.9 Å². The molecule has 0 unspecified atom stereocenters. The summed E-state index contributed by atoms with van der Waals surface area (Å²) < 4.78 is 30.9. The Labute approximate surface area is 175 Å². The van der Waals surface area contributed by atoms with Gasteiger partial charge >= 0.3 is 0 Å². The van der Waals surface area contributed by atoms with Crippen LogP contribution in [0.4, 0.5) is 0 Å². The Balaban J connectivity index is 2.06. The van der Waals surface area contributed by atoms with Crippen molar-refractivity contribution in [2.24, 2.45) is 0 Å². The van der Waals surface area contributed by atoms with Gasteiger partial charge < -0.3 is 5.32 Å². The van der Waals surface area contributed by atoms with Crippen LogP contribution in [0.25, 0.3) is 0 Å². The lowest BCUT2D eigenvalue weighted by Gasteiger charge is -2.06. The first-order valence-electron chi connectivity index (χ1n) is 10.7. The second kappa shape index (κ2) is 14.3. The first kappa shape index (κ1) is 25.3. The molecular weight excluding hydrogens is 390 g/mol. The molecule has 2 N–H and O–H groups in total. The van der Waals surface area contributed by atoms with Crippen molar-refractivity contribution in [2.75, 3.05) is 6.54 Å². The van der Waals surface area contributed by atoms with Crippen LogP contribution in [0.2, 0.25) is 0 Å². The van der Waals surface area contributed by atoms with E-state index in [1.165, 1.54) is 56.4 Å². The maximum atomic E-state index is 12.1. The second-order valence-electron chi connectivity index (χ2n) is 7.45. The normalized spacial score (nSPS) is 11.4. The van der Waals surface area contributed by atoms with E-state index in [0.29, 0.717) is 31.4 Å². The summed E-state index contributed by atoms with van der Waals surface area (Å²) in [4.78, 5) is 23.6. The van der Waals surface area contributed by atoms with Crippen molar-refractivity contribution in [3.8, 4) is 0 Å². The van der Waals surface area contributed by atoms with Crippen molar-refractivity contribution < 1.29 is 22.6 Å². The Kier molecular flexibility index (Phi) is 12.5. The lowest BCUT2D eigenvalue weighted by atomic mass is 10.0. The largest absolute Gasteiger partial charge is 0.356 e. The van der Waals surface area contributed by atoms with Crippen LogP contribution in [-0.2, 0) is 14.9 Å². The summed E-state index contributed by atoms with van der Waals surface area (Å²) in [5.74, 6) is 0.0448. The van der Waals surface area contributed by atoms with E-state index in [1.54, 1.807) is 0 Å². The van der Waals surface area contributed by atoms with Crippen LogP contribution in [0.15, 0.2) is 29.2 Å². The molecule has 1 amide bonds. The number of nitrogens with one attached hydrogen (secondary N) is 1. The van der Waals surface area contributed by atoms with Crippen LogP contribution in [0, 0.1) is 0 Å². The van der Waals surface area contributed by atoms with E-state index < -0.39 is 10.1 Å². The molecule has 0 aromatic heterocycles. The van der Waals surface area contributed by atoms with Gasteiger partial charge in [-0.2, -0.15) is 8.42 Å². The van der Waals surface area contributed by atoms with Crippen molar-refractivity contribution >= 4 is 21.8 Å². The first-order valence-corrected chi connectivity index (χ1v) is 12.2. The van der Waals surface area contributed by atoms with Crippen molar-refractivity contribution in [1.29, 1.82) is 0 Å². The maximum Gasteiger partial charge on any atom is 0.294 e. The summed E-state index contributed by atoms with van der Waals surface area (Å²) in [5.41, 5.74) is 0.431. The van der Waals surface area contributed by atoms with E-state index in [1.807, 2.05) is 0 Å². The summed E-state index contributed by atoms with van der Waals surface area (Å²) in [6, 6.07) is 5.28. The van der Waals surface area contributed by atoms with E-state index in [0.717, 1.165) is 25.7 Å². The predicted molar refractivity (Wildman–Crippen MR) is 115 cm³/mol. The van der Waals surface area contributed by atoms with Gasteiger partial charge in [-0.05, 0) is 31.4 Å². The summed E-state index contributed by atoms with van der Waals surface area (Å²) in [7, 11) is -4.24. The van der Waals surface area contributed by atoms with Crippen LogP contribution in [-0.4, -0.2) is 31.2 Å². The molecule has 0 aliphatic rings. The number of amides is 1. The van der Waals surface area contributed by atoms with Gasteiger partial charge in [0.05, 0.1) is 4.90 Å². The molecular formula is C22H35NO5S. The minimum absolute atomic E-state index is 0.0603. The molecule has 1 aromatic rings. The Bertz CT molecular complexity index is 713. The number of rotatable bonds is 16. The zero-order chi connectivity index (χ0) is 21.5. The highest BCUT2D eigenvalue weighted by Gasteiger charge is 2.11. The molecule has 0 spiro atoms. The summed E-state index contributed by atoms with van der Waals surface area (Å²) >= 11 is 0. The molecule has 0 saturated carbocycles. The summed E-state index contributed by atoms with van der Waals surface area (Å²) in [6.45, 7) is 2.84. The average Bonchev–Trinajstić information content (AvgIpc) is 2.69.